The molecule has 5 heteroatoms. The van der Waals surface area contributed by atoms with E-state index >= 15 is 0 Å². The molecule has 0 bridgehead atoms. The van der Waals surface area contributed by atoms with Crippen molar-refractivity contribution >= 4 is 21.5 Å². The zero-order chi connectivity index (χ0) is 14.7. The second-order valence-electron chi connectivity index (χ2n) is 4.77. The van der Waals surface area contributed by atoms with Crippen LogP contribution in [0, 0.1) is 6.92 Å². The molecule has 0 fully saturated rings. The molecule has 102 valence electrons. The maximum absolute atomic E-state index is 13.1. The summed E-state index contributed by atoms with van der Waals surface area (Å²) >= 11 is 0. The van der Waals surface area contributed by atoms with Gasteiger partial charge in [0.1, 0.15) is 11.3 Å². The summed E-state index contributed by atoms with van der Waals surface area (Å²) in [6.45, 7) is 1.65. The maximum atomic E-state index is 13.1. The van der Waals surface area contributed by atoms with Crippen molar-refractivity contribution in [2.75, 3.05) is 0 Å². The van der Waals surface area contributed by atoms with Crippen molar-refractivity contribution < 1.29 is 18.3 Å². The molecule has 0 aliphatic rings. The Kier molecular flexibility index (Phi) is 2.45. The first kappa shape index (κ1) is 12.7. The van der Waals surface area contributed by atoms with Crippen molar-refractivity contribution in [3.05, 3.63) is 51.7 Å². The van der Waals surface area contributed by atoms with Gasteiger partial charge >= 0.3 is 6.18 Å². The summed E-state index contributed by atoms with van der Waals surface area (Å²) in [5.74, 6) is -0.0576. The van der Waals surface area contributed by atoms with Crippen LogP contribution >= 0.6 is 0 Å². The Bertz CT molecular complexity index is 882. The lowest BCUT2D eigenvalue weighted by Gasteiger charge is -2.07. The molecule has 3 aromatic rings. The molecule has 0 amide bonds. The van der Waals surface area contributed by atoms with E-state index in [-0.39, 0.29) is 11.1 Å². The summed E-state index contributed by atoms with van der Waals surface area (Å²) in [6, 6.07) is 6.54. The smallest absolute Gasteiger partial charge is 0.420 e. The Morgan fingerprint density at radius 3 is 2.40 bits per heavy atom. The van der Waals surface area contributed by atoms with Gasteiger partial charge in [0.25, 0.3) is 0 Å². The van der Waals surface area contributed by atoms with Crippen molar-refractivity contribution in [3.8, 4) is 5.75 Å². The van der Waals surface area contributed by atoms with Gasteiger partial charge in [0.05, 0.1) is 0 Å². The van der Waals surface area contributed by atoms with Crippen LogP contribution in [0.25, 0.3) is 21.5 Å². The Hall–Kier alpha value is -2.30. The Balaban J connectivity index is 2.67. The van der Waals surface area contributed by atoms with Crippen molar-refractivity contribution in [2.24, 2.45) is 0 Å². The number of halogens is 3. The fourth-order valence-corrected chi connectivity index (χ4v) is 2.62. The summed E-state index contributed by atoms with van der Waals surface area (Å²) in [5, 5.41) is 10.8. The highest BCUT2D eigenvalue weighted by atomic mass is 19.4. The van der Waals surface area contributed by atoms with Crippen molar-refractivity contribution in [3.63, 3.8) is 0 Å². The maximum Gasteiger partial charge on any atom is 0.420 e. The van der Waals surface area contributed by atoms with Gasteiger partial charge in [-0.15, -0.1) is 0 Å². The minimum atomic E-state index is -4.70. The summed E-state index contributed by atoms with van der Waals surface area (Å²) in [5.41, 5.74) is -1.61. The third-order valence-electron chi connectivity index (χ3n) is 3.42. The van der Waals surface area contributed by atoms with Crippen LogP contribution < -0.4 is 5.43 Å². The lowest BCUT2D eigenvalue weighted by atomic mass is 10.0. The molecule has 3 rings (SSSR count). The Morgan fingerprint density at radius 1 is 1.05 bits per heavy atom. The van der Waals surface area contributed by atoms with Crippen LogP contribution in [-0.2, 0) is 6.18 Å². The molecule has 0 saturated heterocycles. The van der Waals surface area contributed by atoms with Gasteiger partial charge < -0.3 is 5.11 Å². The second-order valence-corrected chi connectivity index (χ2v) is 4.77. The second kappa shape index (κ2) is 3.85. The zero-order valence-electron chi connectivity index (χ0n) is 10.4. The number of hydrogen-bond acceptors (Lipinski definition) is 2. The molecular formula is C15H9F3O2. The van der Waals surface area contributed by atoms with Gasteiger partial charge in [-0.05, 0) is 52.2 Å². The molecule has 1 N–H and O–H groups in total. The minimum absolute atomic E-state index is 0.0576. The average Bonchev–Trinajstić information content (AvgIpc) is 2.52. The SMILES string of the molecule is Cc1cc2c(C(F)(F)F)c(=O)cc3ccc(O)cc1c32. The highest BCUT2D eigenvalue weighted by Crippen LogP contribution is 2.39. The molecule has 0 spiro atoms. The summed E-state index contributed by atoms with van der Waals surface area (Å²) < 4.78 is 39.2. The monoisotopic (exact) mass is 278 g/mol. The molecule has 20 heavy (non-hydrogen) atoms. The van der Waals surface area contributed by atoms with Crippen molar-refractivity contribution in [1.82, 2.24) is 0 Å². The van der Waals surface area contributed by atoms with Crippen LogP contribution in [0.15, 0.2) is 35.1 Å². The van der Waals surface area contributed by atoms with Gasteiger partial charge in [-0.25, -0.2) is 0 Å². The van der Waals surface area contributed by atoms with Crippen molar-refractivity contribution in [1.29, 1.82) is 0 Å². The first-order valence-electron chi connectivity index (χ1n) is 5.89. The highest BCUT2D eigenvalue weighted by Gasteiger charge is 2.36. The van der Waals surface area contributed by atoms with E-state index in [0.29, 0.717) is 21.7 Å². The normalized spacial score (nSPS) is 12.4. The highest BCUT2D eigenvalue weighted by molar-refractivity contribution is 6.14. The molecule has 0 atom stereocenters. The predicted molar refractivity (Wildman–Crippen MR) is 70.3 cm³/mol. The third kappa shape index (κ3) is 1.70. The van der Waals surface area contributed by atoms with Gasteiger partial charge in [-0.3, -0.25) is 4.79 Å². The topological polar surface area (TPSA) is 37.3 Å². The van der Waals surface area contributed by atoms with E-state index in [2.05, 4.69) is 0 Å². The third-order valence-corrected chi connectivity index (χ3v) is 3.42. The predicted octanol–water partition coefficient (Wildman–Crippen LogP) is 3.82. The number of alkyl halides is 3. The van der Waals surface area contributed by atoms with Crippen LogP contribution in [0.3, 0.4) is 0 Å². The Labute approximate surface area is 111 Å². The number of rotatable bonds is 0. The number of hydrogen-bond donors (Lipinski definition) is 1. The molecule has 0 unspecified atom stereocenters. The summed E-state index contributed by atoms with van der Waals surface area (Å²) in [7, 11) is 0. The molecule has 3 aromatic carbocycles. The van der Waals surface area contributed by atoms with Gasteiger partial charge in [-0.1, -0.05) is 12.1 Å². The van der Waals surface area contributed by atoms with Crippen LogP contribution in [0.1, 0.15) is 11.1 Å². The fraction of sp³-hybridized carbons (Fsp3) is 0.133. The lowest BCUT2D eigenvalue weighted by Crippen LogP contribution is -2.18. The quantitative estimate of drug-likeness (QED) is 0.678. The van der Waals surface area contributed by atoms with E-state index in [9.17, 15) is 23.1 Å². The first-order valence-corrected chi connectivity index (χ1v) is 5.89. The van der Waals surface area contributed by atoms with Gasteiger partial charge in [0.15, 0.2) is 5.43 Å². The molecule has 0 aliphatic carbocycles. The van der Waals surface area contributed by atoms with Crippen LogP contribution in [0.4, 0.5) is 13.2 Å². The molecule has 2 nitrogen and oxygen atoms in total. The van der Waals surface area contributed by atoms with Gasteiger partial charge in [0.2, 0.25) is 0 Å². The Morgan fingerprint density at radius 2 is 1.75 bits per heavy atom. The zero-order valence-corrected chi connectivity index (χ0v) is 10.4. The standard InChI is InChI=1S/C15H9F3O2/c1-7-4-11-13-8(2-3-9(19)6-10(7)13)5-12(20)14(11)15(16,17)18/h2-6,19H,1H3. The van der Waals surface area contributed by atoms with Crippen LogP contribution in [0.2, 0.25) is 0 Å². The average molecular weight is 278 g/mol. The summed E-state index contributed by atoms with van der Waals surface area (Å²) in [4.78, 5) is 11.8. The molecular weight excluding hydrogens is 269 g/mol. The number of aryl methyl sites for hydroxylation is 1. The number of aromatic hydroxyl groups is 1. The lowest BCUT2D eigenvalue weighted by molar-refractivity contribution is -0.137. The largest absolute Gasteiger partial charge is 0.508 e. The van der Waals surface area contributed by atoms with Crippen LogP contribution in [0.5, 0.6) is 5.75 Å². The van der Waals surface area contributed by atoms with Crippen LogP contribution in [-0.4, -0.2) is 5.11 Å². The summed E-state index contributed by atoms with van der Waals surface area (Å²) in [6.07, 6.45) is -4.70. The van der Waals surface area contributed by atoms with E-state index < -0.39 is 17.2 Å². The molecule has 0 radical (unpaired) electrons. The molecule has 0 aliphatic heterocycles. The first-order chi connectivity index (χ1) is 9.29. The van der Waals surface area contributed by atoms with Crippen molar-refractivity contribution in [2.45, 2.75) is 13.1 Å². The van der Waals surface area contributed by atoms with E-state index in [1.165, 1.54) is 24.3 Å². The van der Waals surface area contributed by atoms with Gasteiger partial charge in [0, 0.05) is 0 Å². The minimum Gasteiger partial charge on any atom is -0.508 e. The van der Waals surface area contributed by atoms with E-state index in [1.807, 2.05) is 0 Å². The van der Waals surface area contributed by atoms with E-state index in [1.54, 1.807) is 6.92 Å². The van der Waals surface area contributed by atoms with E-state index in [4.69, 9.17) is 0 Å². The molecule has 0 heterocycles. The fourth-order valence-electron chi connectivity index (χ4n) is 2.62. The number of benzene rings is 1. The van der Waals surface area contributed by atoms with E-state index in [0.717, 1.165) is 6.07 Å². The molecule has 0 saturated carbocycles. The molecule has 0 aromatic heterocycles. The van der Waals surface area contributed by atoms with Gasteiger partial charge in [-0.2, -0.15) is 13.2 Å².